The van der Waals surface area contributed by atoms with E-state index < -0.39 is 0 Å². The minimum absolute atomic E-state index is 0.180. The molecular formula is C14H22N4O2S. The van der Waals surface area contributed by atoms with Crippen LogP contribution in [-0.4, -0.2) is 60.1 Å². The van der Waals surface area contributed by atoms with Gasteiger partial charge in [0.25, 0.3) is 0 Å². The predicted molar refractivity (Wildman–Crippen MR) is 83.5 cm³/mol. The fraction of sp³-hybridized carbons (Fsp3) is 0.643. The zero-order chi connectivity index (χ0) is 15.1. The van der Waals surface area contributed by atoms with E-state index in [-0.39, 0.29) is 5.91 Å². The highest BCUT2D eigenvalue weighted by molar-refractivity contribution is 7.98. The van der Waals surface area contributed by atoms with Gasteiger partial charge in [0, 0.05) is 26.2 Å². The van der Waals surface area contributed by atoms with Crippen molar-refractivity contribution in [2.24, 2.45) is 0 Å². The fourth-order valence-corrected chi connectivity index (χ4v) is 2.66. The third-order valence-corrected chi connectivity index (χ3v) is 4.20. The van der Waals surface area contributed by atoms with E-state index in [0.29, 0.717) is 19.1 Å². The Hall–Kier alpha value is -1.34. The Labute approximate surface area is 129 Å². The van der Waals surface area contributed by atoms with Gasteiger partial charge in [0.2, 0.25) is 5.91 Å². The maximum Gasteiger partial charge on any atom is 0.224 e. The van der Waals surface area contributed by atoms with Gasteiger partial charge in [0.05, 0.1) is 13.0 Å². The molecule has 1 fully saturated rings. The number of amides is 1. The summed E-state index contributed by atoms with van der Waals surface area (Å²) in [4.78, 5) is 13.8. The number of nitrogens with one attached hydrogen (secondary N) is 1. The van der Waals surface area contributed by atoms with Crippen molar-refractivity contribution in [1.82, 2.24) is 15.1 Å². The molecule has 0 atom stereocenters. The van der Waals surface area contributed by atoms with Gasteiger partial charge in [-0.1, -0.05) is 0 Å². The van der Waals surface area contributed by atoms with Crippen LogP contribution in [0.15, 0.2) is 17.2 Å². The molecule has 0 bridgehead atoms. The maximum absolute atomic E-state index is 11.9. The van der Waals surface area contributed by atoms with Crippen LogP contribution in [0.2, 0.25) is 0 Å². The molecule has 1 aromatic heterocycles. The SMILES string of the molecule is COCCC(=O)N1CCC(Nc2ccc(SC)nn2)CC1. The van der Waals surface area contributed by atoms with Crippen LogP contribution in [0.4, 0.5) is 5.82 Å². The van der Waals surface area contributed by atoms with Crippen molar-refractivity contribution in [3.05, 3.63) is 12.1 Å². The highest BCUT2D eigenvalue weighted by atomic mass is 32.2. The Morgan fingerprint density at radius 3 is 2.76 bits per heavy atom. The second-order valence-corrected chi connectivity index (χ2v) is 5.83. The van der Waals surface area contributed by atoms with E-state index >= 15 is 0 Å². The zero-order valence-electron chi connectivity index (χ0n) is 12.5. The lowest BCUT2D eigenvalue weighted by atomic mass is 10.0. The second-order valence-electron chi connectivity index (χ2n) is 5.00. The summed E-state index contributed by atoms with van der Waals surface area (Å²) in [6.45, 7) is 2.07. The number of carbonyl (C=O) groups is 1. The van der Waals surface area contributed by atoms with Crippen molar-refractivity contribution in [2.45, 2.75) is 30.3 Å². The molecule has 1 aliphatic rings. The van der Waals surface area contributed by atoms with E-state index in [1.54, 1.807) is 18.9 Å². The first-order valence-corrected chi connectivity index (χ1v) is 8.36. The van der Waals surface area contributed by atoms with Crippen LogP contribution in [-0.2, 0) is 9.53 Å². The van der Waals surface area contributed by atoms with Crippen LogP contribution in [0, 0.1) is 0 Å². The first kappa shape index (κ1) is 16.0. The van der Waals surface area contributed by atoms with Gasteiger partial charge in [-0.3, -0.25) is 4.79 Å². The molecule has 1 aliphatic heterocycles. The number of hydrogen-bond acceptors (Lipinski definition) is 6. The van der Waals surface area contributed by atoms with Crippen molar-refractivity contribution < 1.29 is 9.53 Å². The molecule has 6 nitrogen and oxygen atoms in total. The average molecular weight is 310 g/mol. The molecule has 0 unspecified atom stereocenters. The van der Waals surface area contributed by atoms with Crippen LogP contribution >= 0.6 is 11.8 Å². The number of piperidine rings is 1. The molecular weight excluding hydrogens is 288 g/mol. The summed E-state index contributed by atoms with van der Waals surface area (Å²) >= 11 is 1.58. The van der Waals surface area contributed by atoms with Gasteiger partial charge in [-0.25, -0.2) is 0 Å². The molecule has 0 radical (unpaired) electrons. The number of ether oxygens (including phenoxy) is 1. The van der Waals surface area contributed by atoms with Crippen LogP contribution in [0.3, 0.4) is 0 Å². The van der Waals surface area contributed by atoms with Gasteiger partial charge in [-0.05, 0) is 31.2 Å². The molecule has 116 valence electrons. The number of aromatic nitrogens is 2. The van der Waals surface area contributed by atoms with E-state index in [0.717, 1.165) is 36.8 Å². The van der Waals surface area contributed by atoms with E-state index in [1.165, 1.54) is 0 Å². The highest BCUT2D eigenvalue weighted by Crippen LogP contribution is 2.17. The maximum atomic E-state index is 11.9. The number of thioether (sulfide) groups is 1. The van der Waals surface area contributed by atoms with E-state index in [4.69, 9.17) is 4.74 Å². The molecule has 0 aromatic carbocycles. The lowest BCUT2D eigenvalue weighted by molar-refractivity contribution is -0.133. The zero-order valence-corrected chi connectivity index (χ0v) is 13.4. The summed E-state index contributed by atoms with van der Waals surface area (Å²) in [6, 6.07) is 4.27. The molecule has 0 aliphatic carbocycles. The van der Waals surface area contributed by atoms with Gasteiger partial charge in [-0.2, -0.15) is 0 Å². The highest BCUT2D eigenvalue weighted by Gasteiger charge is 2.22. The van der Waals surface area contributed by atoms with E-state index in [1.807, 2.05) is 23.3 Å². The summed E-state index contributed by atoms with van der Waals surface area (Å²) < 4.78 is 4.95. The van der Waals surface area contributed by atoms with Crippen LogP contribution in [0.5, 0.6) is 0 Å². The lowest BCUT2D eigenvalue weighted by Gasteiger charge is -2.32. The molecule has 2 rings (SSSR count). The smallest absolute Gasteiger partial charge is 0.224 e. The van der Waals surface area contributed by atoms with Crippen LogP contribution in [0.1, 0.15) is 19.3 Å². The first-order valence-electron chi connectivity index (χ1n) is 7.14. The molecule has 7 heteroatoms. The molecule has 1 amide bonds. The summed E-state index contributed by atoms with van der Waals surface area (Å²) in [7, 11) is 1.62. The Morgan fingerprint density at radius 1 is 1.43 bits per heavy atom. The minimum atomic E-state index is 0.180. The van der Waals surface area contributed by atoms with Gasteiger partial charge in [0.15, 0.2) is 0 Å². The molecule has 1 aromatic rings. The van der Waals surface area contributed by atoms with E-state index in [9.17, 15) is 4.79 Å². The number of likely N-dealkylation sites (tertiary alicyclic amines) is 1. The molecule has 1 saturated heterocycles. The summed E-state index contributed by atoms with van der Waals surface area (Å²) in [6.07, 6.45) is 4.32. The number of methoxy groups -OCH3 is 1. The van der Waals surface area contributed by atoms with Gasteiger partial charge >= 0.3 is 0 Å². The fourth-order valence-electron chi connectivity index (χ4n) is 2.34. The Kier molecular flexibility index (Phi) is 6.25. The van der Waals surface area contributed by atoms with Gasteiger partial charge in [-0.15, -0.1) is 22.0 Å². The molecule has 0 saturated carbocycles. The third kappa shape index (κ3) is 4.86. The van der Waals surface area contributed by atoms with Crippen molar-refractivity contribution in [1.29, 1.82) is 0 Å². The average Bonchev–Trinajstić information content (AvgIpc) is 2.54. The Morgan fingerprint density at radius 2 is 2.19 bits per heavy atom. The quantitative estimate of drug-likeness (QED) is 0.806. The monoisotopic (exact) mass is 310 g/mol. The molecule has 2 heterocycles. The van der Waals surface area contributed by atoms with Crippen molar-refractivity contribution in [3.8, 4) is 0 Å². The number of anilines is 1. The largest absolute Gasteiger partial charge is 0.384 e. The lowest BCUT2D eigenvalue weighted by Crippen LogP contribution is -2.42. The number of carbonyl (C=O) groups excluding carboxylic acids is 1. The molecule has 21 heavy (non-hydrogen) atoms. The van der Waals surface area contributed by atoms with Crippen molar-refractivity contribution >= 4 is 23.5 Å². The van der Waals surface area contributed by atoms with Crippen LogP contribution < -0.4 is 5.32 Å². The molecule has 0 spiro atoms. The minimum Gasteiger partial charge on any atom is -0.384 e. The Balaban J connectivity index is 1.76. The van der Waals surface area contributed by atoms with Crippen molar-refractivity contribution in [3.63, 3.8) is 0 Å². The third-order valence-electron chi connectivity index (χ3n) is 3.57. The summed E-state index contributed by atoms with van der Waals surface area (Å²) in [5.41, 5.74) is 0. The normalized spacial score (nSPS) is 16.0. The topological polar surface area (TPSA) is 67.3 Å². The van der Waals surface area contributed by atoms with Gasteiger partial charge < -0.3 is 15.0 Å². The number of nitrogens with zero attached hydrogens (tertiary/aromatic N) is 3. The first-order chi connectivity index (χ1) is 10.2. The standard InChI is InChI=1S/C14H22N4O2S/c1-20-10-7-14(19)18-8-5-11(6-9-18)15-12-3-4-13(21-2)17-16-12/h3-4,11H,5-10H2,1-2H3,(H,15,16). The summed E-state index contributed by atoms with van der Waals surface area (Å²) in [5.74, 6) is 0.983. The summed E-state index contributed by atoms with van der Waals surface area (Å²) in [5, 5.41) is 12.6. The van der Waals surface area contributed by atoms with Crippen LogP contribution in [0.25, 0.3) is 0 Å². The Bertz CT molecular complexity index is 447. The van der Waals surface area contributed by atoms with E-state index in [2.05, 4.69) is 15.5 Å². The van der Waals surface area contributed by atoms with Gasteiger partial charge in [0.1, 0.15) is 10.8 Å². The molecule has 1 N–H and O–H groups in total. The van der Waals surface area contributed by atoms with Crippen molar-refractivity contribution in [2.75, 3.05) is 38.4 Å². The number of rotatable bonds is 6. The predicted octanol–water partition coefficient (Wildman–Crippen LogP) is 1.64. The second kappa shape index (κ2) is 8.19. The number of hydrogen-bond donors (Lipinski definition) is 1.